The van der Waals surface area contributed by atoms with Crippen molar-refractivity contribution in [3.05, 3.63) is 41.2 Å². The molecule has 0 atom stereocenters. The normalized spacial score (nSPS) is 11.5. The Morgan fingerprint density at radius 2 is 1.83 bits per heavy atom. The first-order valence-electron chi connectivity index (χ1n) is 6.85. The van der Waals surface area contributed by atoms with Crippen molar-refractivity contribution in [1.29, 1.82) is 5.26 Å². The number of hydrogen-bond acceptors (Lipinski definition) is 4. The van der Waals surface area contributed by atoms with Gasteiger partial charge in [0.15, 0.2) is 5.69 Å². The smallest absolute Gasteiger partial charge is 0.325 e. The lowest BCUT2D eigenvalue weighted by Crippen LogP contribution is -2.04. The van der Waals surface area contributed by atoms with Crippen LogP contribution in [0.3, 0.4) is 0 Å². The molecule has 0 amide bonds. The summed E-state index contributed by atoms with van der Waals surface area (Å²) in [5.41, 5.74) is 1.46. The number of imidazole rings is 1. The first kappa shape index (κ1) is 15.7. The van der Waals surface area contributed by atoms with Crippen LogP contribution in [-0.2, 0) is 13.2 Å². The predicted molar refractivity (Wildman–Crippen MR) is 78.5 cm³/mol. The van der Waals surface area contributed by atoms with Gasteiger partial charge in [-0.05, 0) is 19.1 Å². The molecular formula is C15H11F3N6. The molecule has 6 nitrogen and oxygen atoms in total. The summed E-state index contributed by atoms with van der Waals surface area (Å²) in [6.45, 7) is 1.73. The molecule has 3 aromatic rings. The molecule has 2 aromatic heterocycles. The molecular weight excluding hydrogens is 321 g/mol. The van der Waals surface area contributed by atoms with Gasteiger partial charge in [-0.1, -0.05) is 12.1 Å². The first-order valence-corrected chi connectivity index (χ1v) is 6.85. The van der Waals surface area contributed by atoms with E-state index in [0.717, 1.165) is 12.1 Å². The van der Waals surface area contributed by atoms with Gasteiger partial charge in [-0.3, -0.25) is 0 Å². The molecule has 0 radical (unpaired) electrons. The van der Waals surface area contributed by atoms with Gasteiger partial charge in [0.2, 0.25) is 0 Å². The van der Waals surface area contributed by atoms with Gasteiger partial charge in [0.25, 0.3) is 0 Å². The van der Waals surface area contributed by atoms with Gasteiger partial charge in [0.05, 0.1) is 17.0 Å². The van der Waals surface area contributed by atoms with Crippen molar-refractivity contribution in [1.82, 2.24) is 25.0 Å². The number of alkyl halides is 3. The molecule has 0 aliphatic heterocycles. The zero-order valence-corrected chi connectivity index (χ0v) is 12.7. The van der Waals surface area contributed by atoms with E-state index in [9.17, 15) is 13.2 Å². The highest BCUT2D eigenvalue weighted by atomic mass is 19.4. The number of halogens is 3. The number of aromatic amines is 1. The minimum Gasteiger partial charge on any atom is -0.325 e. The van der Waals surface area contributed by atoms with Crippen LogP contribution in [0.25, 0.3) is 22.8 Å². The van der Waals surface area contributed by atoms with E-state index >= 15 is 0 Å². The minimum atomic E-state index is -4.39. The lowest BCUT2D eigenvalue weighted by atomic mass is 10.1. The molecule has 9 heteroatoms. The van der Waals surface area contributed by atoms with Gasteiger partial charge in [-0.2, -0.15) is 28.7 Å². The summed E-state index contributed by atoms with van der Waals surface area (Å²) in [6, 6.07) is 6.68. The van der Waals surface area contributed by atoms with E-state index < -0.39 is 11.7 Å². The Bertz CT molecular complexity index is 928. The maximum Gasteiger partial charge on any atom is 0.416 e. The Hall–Kier alpha value is -3.15. The van der Waals surface area contributed by atoms with Crippen molar-refractivity contribution in [2.75, 3.05) is 0 Å². The molecule has 0 spiro atoms. The summed E-state index contributed by atoms with van der Waals surface area (Å²) in [5.74, 6) is 0.475. The quantitative estimate of drug-likeness (QED) is 0.782. The number of aromatic nitrogens is 5. The fourth-order valence-corrected chi connectivity index (χ4v) is 2.51. The summed E-state index contributed by atoms with van der Waals surface area (Å²) < 4.78 is 39.7. The van der Waals surface area contributed by atoms with Crippen LogP contribution in [0.4, 0.5) is 13.2 Å². The Balaban J connectivity index is 2.09. The fraction of sp³-hybridized carbons (Fsp3) is 0.200. The lowest BCUT2D eigenvalue weighted by Gasteiger charge is -2.08. The standard InChI is InChI=1S/C15H11F3N6/c1-8-13(12-11(7-19)21-23-22-12)24(2)14(20-8)9-3-5-10(6-4-9)15(16,17)18/h3-6H,1-2H3,(H,21,22,23). The Morgan fingerprint density at radius 1 is 1.17 bits per heavy atom. The van der Waals surface area contributed by atoms with Crippen molar-refractivity contribution >= 4 is 0 Å². The fourth-order valence-electron chi connectivity index (χ4n) is 2.51. The van der Waals surface area contributed by atoms with Crippen LogP contribution < -0.4 is 0 Å². The number of nitrogens with zero attached hydrogens (tertiary/aromatic N) is 5. The van der Waals surface area contributed by atoms with E-state index in [4.69, 9.17) is 5.26 Å². The molecule has 0 saturated heterocycles. The summed E-state index contributed by atoms with van der Waals surface area (Å²) in [4.78, 5) is 4.39. The van der Waals surface area contributed by atoms with Crippen molar-refractivity contribution < 1.29 is 13.2 Å². The van der Waals surface area contributed by atoms with Crippen LogP contribution in [0.2, 0.25) is 0 Å². The SMILES string of the molecule is Cc1nc(-c2ccc(C(F)(F)F)cc2)n(C)c1-c1n[nH]nc1C#N. The summed E-state index contributed by atoms with van der Waals surface area (Å²) in [6.07, 6.45) is -4.39. The zero-order chi connectivity index (χ0) is 17.5. The van der Waals surface area contributed by atoms with E-state index in [1.165, 1.54) is 12.1 Å². The van der Waals surface area contributed by atoms with Crippen molar-refractivity contribution in [2.45, 2.75) is 13.1 Å². The monoisotopic (exact) mass is 332 g/mol. The number of rotatable bonds is 2. The second-order valence-electron chi connectivity index (χ2n) is 5.14. The van der Waals surface area contributed by atoms with E-state index in [1.54, 1.807) is 18.5 Å². The second kappa shape index (κ2) is 5.49. The number of benzene rings is 1. The minimum absolute atomic E-state index is 0.125. The third-order valence-electron chi connectivity index (χ3n) is 3.62. The summed E-state index contributed by atoms with van der Waals surface area (Å²) >= 11 is 0. The summed E-state index contributed by atoms with van der Waals surface area (Å²) in [7, 11) is 1.71. The summed E-state index contributed by atoms with van der Waals surface area (Å²) in [5, 5.41) is 19.2. The third-order valence-corrected chi connectivity index (χ3v) is 3.62. The van der Waals surface area contributed by atoms with Crippen molar-refractivity contribution in [2.24, 2.45) is 7.05 Å². The molecule has 0 saturated carbocycles. The molecule has 0 unspecified atom stereocenters. The van der Waals surface area contributed by atoms with Crippen molar-refractivity contribution in [3.63, 3.8) is 0 Å². The van der Waals surface area contributed by atoms with Gasteiger partial charge >= 0.3 is 6.18 Å². The van der Waals surface area contributed by atoms with Crippen molar-refractivity contribution in [3.8, 4) is 28.8 Å². The molecule has 1 aromatic carbocycles. The van der Waals surface area contributed by atoms with Crippen LogP contribution in [0.5, 0.6) is 0 Å². The molecule has 0 fully saturated rings. The van der Waals surface area contributed by atoms with Crippen LogP contribution in [0.15, 0.2) is 24.3 Å². The number of nitriles is 1. The molecule has 1 N–H and O–H groups in total. The van der Waals surface area contributed by atoms with Crippen LogP contribution >= 0.6 is 0 Å². The zero-order valence-electron chi connectivity index (χ0n) is 12.7. The van der Waals surface area contributed by atoms with E-state index in [1.807, 2.05) is 6.07 Å². The highest BCUT2D eigenvalue weighted by molar-refractivity contribution is 5.69. The van der Waals surface area contributed by atoms with Gasteiger partial charge in [0.1, 0.15) is 17.6 Å². The molecule has 0 aliphatic rings. The van der Waals surface area contributed by atoms with Crippen LogP contribution in [0.1, 0.15) is 17.0 Å². The lowest BCUT2D eigenvalue weighted by molar-refractivity contribution is -0.137. The van der Waals surface area contributed by atoms with Crippen LogP contribution in [-0.4, -0.2) is 25.0 Å². The molecule has 2 heterocycles. The topological polar surface area (TPSA) is 83.2 Å². The average molecular weight is 332 g/mol. The van der Waals surface area contributed by atoms with Gasteiger partial charge < -0.3 is 4.57 Å². The van der Waals surface area contributed by atoms with E-state index in [2.05, 4.69) is 20.4 Å². The van der Waals surface area contributed by atoms with E-state index in [-0.39, 0.29) is 5.69 Å². The number of H-pyrrole nitrogens is 1. The Labute approximate surface area is 134 Å². The maximum absolute atomic E-state index is 12.7. The number of nitrogens with one attached hydrogen (secondary N) is 1. The average Bonchev–Trinajstić information content (AvgIpc) is 3.10. The van der Waals surface area contributed by atoms with Crippen LogP contribution in [0, 0.1) is 18.3 Å². The van der Waals surface area contributed by atoms with Gasteiger partial charge in [-0.25, -0.2) is 4.98 Å². The maximum atomic E-state index is 12.7. The Morgan fingerprint density at radius 3 is 2.42 bits per heavy atom. The van der Waals surface area contributed by atoms with E-state index in [0.29, 0.717) is 28.5 Å². The molecule has 24 heavy (non-hydrogen) atoms. The largest absolute Gasteiger partial charge is 0.416 e. The Kier molecular flexibility index (Phi) is 3.60. The third kappa shape index (κ3) is 2.52. The molecule has 0 bridgehead atoms. The number of hydrogen-bond donors (Lipinski definition) is 1. The van der Waals surface area contributed by atoms with Gasteiger partial charge in [0, 0.05) is 12.6 Å². The number of aryl methyl sites for hydroxylation is 1. The predicted octanol–water partition coefficient (Wildman–Crippen LogP) is 3.07. The molecule has 0 aliphatic carbocycles. The molecule has 122 valence electrons. The highest BCUT2D eigenvalue weighted by Gasteiger charge is 2.30. The van der Waals surface area contributed by atoms with Gasteiger partial charge in [-0.15, -0.1) is 5.10 Å². The first-order chi connectivity index (χ1) is 11.3. The second-order valence-corrected chi connectivity index (χ2v) is 5.14. The molecule has 3 rings (SSSR count). The highest BCUT2D eigenvalue weighted by Crippen LogP contribution is 2.32.